The Bertz CT molecular complexity index is 1160. The third-order valence-corrected chi connectivity index (χ3v) is 5.34. The summed E-state index contributed by atoms with van der Waals surface area (Å²) in [5, 5.41) is 12.3. The fourth-order valence-corrected chi connectivity index (χ4v) is 3.79. The summed E-state index contributed by atoms with van der Waals surface area (Å²) < 4.78 is 0. The molecule has 0 bridgehead atoms. The van der Waals surface area contributed by atoms with Gasteiger partial charge in [0.1, 0.15) is 5.84 Å². The molecule has 0 fully saturated rings. The highest BCUT2D eigenvalue weighted by Crippen LogP contribution is 2.24. The second-order valence-electron chi connectivity index (χ2n) is 7.58. The second-order valence-corrected chi connectivity index (χ2v) is 7.58. The van der Waals surface area contributed by atoms with Crippen LogP contribution in [0, 0.1) is 0 Å². The quantitative estimate of drug-likeness (QED) is 0.302. The SMILES string of the molecule is C(=N/NC1=NCCN1)/c1ccc2cc3ccc(CNNC4=NCCC4)cc3cc2c1. The molecule has 3 aromatic rings. The minimum Gasteiger partial charge on any atom is -0.353 e. The van der Waals surface area contributed by atoms with Gasteiger partial charge in [0.15, 0.2) is 0 Å². The van der Waals surface area contributed by atoms with Gasteiger partial charge in [0, 0.05) is 26.1 Å². The second kappa shape index (κ2) is 8.51. The molecule has 2 heterocycles. The van der Waals surface area contributed by atoms with Gasteiger partial charge in [-0.15, -0.1) is 0 Å². The maximum absolute atomic E-state index is 4.42. The molecule has 0 aliphatic carbocycles. The van der Waals surface area contributed by atoms with Crippen molar-refractivity contribution in [3.8, 4) is 0 Å². The number of amidine groups is 1. The molecule has 0 saturated carbocycles. The molecule has 0 saturated heterocycles. The lowest BCUT2D eigenvalue weighted by Gasteiger charge is -2.09. The van der Waals surface area contributed by atoms with E-state index in [-0.39, 0.29) is 0 Å². The van der Waals surface area contributed by atoms with Gasteiger partial charge in [-0.2, -0.15) is 5.10 Å². The minimum absolute atomic E-state index is 0.730. The first-order chi connectivity index (χ1) is 14.8. The van der Waals surface area contributed by atoms with Gasteiger partial charge in [-0.25, -0.2) is 15.8 Å². The largest absolute Gasteiger partial charge is 0.353 e. The maximum Gasteiger partial charge on any atom is 0.212 e. The Labute approximate surface area is 175 Å². The van der Waals surface area contributed by atoms with Gasteiger partial charge in [-0.3, -0.25) is 4.99 Å². The van der Waals surface area contributed by atoms with E-state index in [1.807, 2.05) is 6.21 Å². The number of hydrogen-bond donors (Lipinski definition) is 4. The zero-order valence-electron chi connectivity index (χ0n) is 16.8. The molecule has 2 aliphatic rings. The third kappa shape index (κ3) is 4.26. The summed E-state index contributed by atoms with van der Waals surface area (Å²) in [7, 11) is 0. The van der Waals surface area contributed by atoms with E-state index in [9.17, 15) is 0 Å². The number of guanidine groups is 1. The van der Waals surface area contributed by atoms with Crippen LogP contribution in [0.3, 0.4) is 0 Å². The summed E-state index contributed by atoms with van der Waals surface area (Å²) in [4.78, 5) is 8.69. The first-order valence-corrected chi connectivity index (χ1v) is 10.4. The van der Waals surface area contributed by atoms with E-state index in [1.165, 1.54) is 27.1 Å². The number of nitrogens with one attached hydrogen (secondary N) is 4. The number of fused-ring (bicyclic) bond motifs is 2. The zero-order valence-corrected chi connectivity index (χ0v) is 16.8. The maximum atomic E-state index is 4.42. The standard InChI is InChI=1S/C23H25N7/c1-2-22(24-7-1)29-27-14-16-3-5-18-12-19-6-4-17(11-21(19)13-20(18)10-16)15-28-30-23-25-8-9-26-23/h3-6,10-13,15,27H,1-2,7-9,14H2,(H,24,29)(H2,25,26,30)/b28-15-. The molecule has 7 nitrogen and oxygen atoms in total. The summed E-state index contributed by atoms with van der Waals surface area (Å²) in [6.45, 7) is 3.34. The normalized spacial score (nSPS) is 16.1. The highest BCUT2D eigenvalue weighted by molar-refractivity contribution is 6.00. The van der Waals surface area contributed by atoms with Gasteiger partial charge in [0.05, 0.1) is 12.8 Å². The smallest absolute Gasteiger partial charge is 0.212 e. The molecule has 30 heavy (non-hydrogen) atoms. The van der Waals surface area contributed by atoms with Crippen LogP contribution in [0.5, 0.6) is 0 Å². The number of rotatable bonds is 5. The Morgan fingerprint density at radius 1 is 0.933 bits per heavy atom. The molecular weight excluding hydrogens is 374 g/mol. The summed E-state index contributed by atoms with van der Waals surface area (Å²) in [5.74, 6) is 1.79. The molecule has 0 spiro atoms. The minimum atomic E-state index is 0.730. The summed E-state index contributed by atoms with van der Waals surface area (Å²) >= 11 is 0. The molecule has 0 atom stereocenters. The summed E-state index contributed by atoms with van der Waals surface area (Å²) in [6, 6.07) is 17.5. The highest BCUT2D eigenvalue weighted by atomic mass is 15.4. The molecule has 152 valence electrons. The predicted octanol–water partition coefficient (Wildman–Crippen LogP) is 2.66. The fraction of sp³-hybridized carbons (Fsp3) is 0.261. The zero-order chi connectivity index (χ0) is 20.2. The molecule has 0 radical (unpaired) electrons. The van der Waals surface area contributed by atoms with Crippen molar-refractivity contribution < 1.29 is 0 Å². The van der Waals surface area contributed by atoms with E-state index in [2.05, 4.69) is 85.2 Å². The summed E-state index contributed by atoms with van der Waals surface area (Å²) in [6.07, 6.45) is 3.99. The van der Waals surface area contributed by atoms with Crippen molar-refractivity contribution in [2.75, 3.05) is 19.6 Å². The first-order valence-electron chi connectivity index (χ1n) is 10.4. The Balaban J connectivity index is 1.32. The van der Waals surface area contributed by atoms with Gasteiger partial charge < -0.3 is 10.7 Å². The molecule has 7 heteroatoms. The number of benzene rings is 3. The molecule has 3 aromatic carbocycles. The first kappa shape index (κ1) is 18.6. The van der Waals surface area contributed by atoms with Crippen molar-refractivity contribution in [2.24, 2.45) is 15.1 Å². The molecule has 2 aliphatic heterocycles. The molecular formula is C23H25N7. The predicted molar refractivity (Wildman–Crippen MR) is 124 cm³/mol. The molecule has 0 unspecified atom stereocenters. The van der Waals surface area contributed by atoms with E-state index >= 15 is 0 Å². The highest BCUT2D eigenvalue weighted by Gasteiger charge is 2.05. The molecule has 5 rings (SSSR count). The average Bonchev–Trinajstić information content (AvgIpc) is 3.47. The van der Waals surface area contributed by atoms with Crippen molar-refractivity contribution in [3.63, 3.8) is 0 Å². The summed E-state index contributed by atoms with van der Waals surface area (Å²) in [5.41, 5.74) is 11.7. The fourth-order valence-electron chi connectivity index (χ4n) is 3.79. The van der Waals surface area contributed by atoms with E-state index in [0.717, 1.165) is 56.4 Å². The number of aliphatic imine (C=N–C) groups is 2. The molecule has 4 N–H and O–H groups in total. The number of hydrazone groups is 1. The molecule has 0 aromatic heterocycles. The van der Waals surface area contributed by atoms with Crippen LogP contribution in [-0.2, 0) is 6.54 Å². The van der Waals surface area contributed by atoms with Crippen LogP contribution in [0.2, 0.25) is 0 Å². The lowest BCUT2D eigenvalue weighted by atomic mass is 10.0. The van der Waals surface area contributed by atoms with Gasteiger partial charge in [-0.05, 0) is 63.4 Å². The van der Waals surface area contributed by atoms with Gasteiger partial charge in [-0.1, -0.05) is 24.3 Å². The van der Waals surface area contributed by atoms with Crippen molar-refractivity contribution in [2.45, 2.75) is 19.4 Å². The Hall–Kier alpha value is -3.45. The van der Waals surface area contributed by atoms with Crippen molar-refractivity contribution in [1.29, 1.82) is 0 Å². The van der Waals surface area contributed by atoms with Gasteiger partial charge >= 0.3 is 0 Å². The van der Waals surface area contributed by atoms with Crippen LogP contribution < -0.4 is 21.6 Å². The van der Waals surface area contributed by atoms with E-state index < -0.39 is 0 Å². The lowest BCUT2D eigenvalue weighted by molar-refractivity contribution is 0.648. The van der Waals surface area contributed by atoms with Crippen LogP contribution in [0.25, 0.3) is 21.5 Å². The van der Waals surface area contributed by atoms with Crippen LogP contribution in [0.15, 0.2) is 63.6 Å². The van der Waals surface area contributed by atoms with Gasteiger partial charge in [0.2, 0.25) is 5.96 Å². The van der Waals surface area contributed by atoms with Crippen molar-refractivity contribution >= 4 is 39.6 Å². The monoisotopic (exact) mass is 399 g/mol. The Morgan fingerprint density at radius 3 is 2.63 bits per heavy atom. The third-order valence-electron chi connectivity index (χ3n) is 5.34. The van der Waals surface area contributed by atoms with E-state index in [0.29, 0.717) is 0 Å². The topological polar surface area (TPSA) is 85.2 Å². The Kier molecular flexibility index (Phi) is 5.26. The molecule has 0 amide bonds. The van der Waals surface area contributed by atoms with Gasteiger partial charge in [0.25, 0.3) is 0 Å². The van der Waals surface area contributed by atoms with E-state index in [1.54, 1.807) is 0 Å². The van der Waals surface area contributed by atoms with Crippen LogP contribution in [0.1, 0.15) is 24.0 Å². The lowest BCUT2D eigenvalue weighted by Crippen LogP contribution is -2.35. The van der Waals surface area contributed by atoms with Crippen molar-refractivity contribution in [3.05, 3.63) is 59.7 Å². The van der Waals surface area contributed by atoms with E-state index in [4.69, 9.17) is 0 Å². The van der Waals surface area contributed by atoms with Crippen LogP contribution >= 0.6 is 0 Å². The van der Waals surface area contributed by atoms with Crippen LogP contribution in [0.4, 0.5) is 0 Å². The van der Waals surface area contributed by atoms with Crippen LogP contribution in [-0.4, -0.2) is 37.6 Å². The number of hydrazine groups is 1. The Morgan fingerprint density at radius 2 is 1.80 bits per heavy atom. The average molecular weight is 400 g/mol. The number of hydrogen-bond acceptors (Lipinski definition) is 7. The number of nitrogens with zero attached hydrogens (tertiary/aromatic N) is 3. The van der Waals surface area contributed by atoms with Crippen molar-refractivity contribution in [1.82, 2.24) is 21.6 Å².